The van der Waals surface area contributed by atoms with E-state index >= 15 is 0 Å². The molecule has 2 heterocycles. The van der Waals surface area contributed by atoms with Gasteiger partial charge in [0.2, 0.25) is 0 Å². The number of halogens is 2. The van der Waals surface area contributed by atoms with Crippen LogP contribution >= 0.6 is 23.2 Å². The number of rotatable bonds is 5. The zero-order valence-electron chi connectivity index (χ0n) is 12.6. The van der Waals surface area contributed by atoms with Gasteiger partial charge in [0.1, 0.15) is 23.2 Å². The maximum Gasteiger partial charge on any atom is 0.147 e. The second-order valence-corrected chi connectivity index (χ2v) is 5.73. The van der Waals surface area contributed by atoms with E-state index in [4.69, 9.17) is 27.6 Å². The lowest BCUT2D eigenvalue weighted by molar-refractivity contribution is 0.500. The third-order valence-corrected chi connectivity index (χ3v) is 3.75. The van der Waals surface area contributed by atoms with Gasteiger partial charge in [0.15, 0.2) is 0 Å². The average Bonchev–Trinajstić information content (AvgIpc) is 2.74. The van der Waals surface area contributed by atoms with Crippen LogP contribution in [0.25, 0.3) is 0 Å². The van der Waals surface area contributed by atoms with Crippen LogP contribution in [0.1, 0.15) is 37.0 Å². The predicted molar refractivity (Wildman–Crippen MR) is 88.6 cm³/mol. The molecule has 0 saturated carbocycles. The number of hydrogen-bond acceptors (Lipinski definition) is 4. The third kappa shape index (κ3) is 3.63. The van der Waals surface area contributed by atoms with E-state index in [1.165, 1.54) is 0 Å². The molecule has 0 aliphatic rings. The quantitative estimate of drug-likeness (QED) is 0.792. The first-order chi connectivity index (χ1) is 9.92. The molecule has 0 amide bonds. The Kier molecular flexibility index (Phi) is 5.01. The smallest absolute Gasteiger partial charge is 0.147 e. The number of hydrogen-bond donors (Lipinski definition) is 2. The summed E-state index contributed by atoms with van der Waals surface area (Å²) in [7, 11) is 0. The molecule has 0 spiro atoms. The van der Waals surface area contributed by atoms with Crippen molar-refractivity contribution < 1.29 is 4.42 Å². The SMILES string of the molecule is CCNc1nc(NC(C)c2cc(C)oc2C)c(Cl)cc1Cl. The fraction of sp³-hybridized carbons (Fsp3) is 0.400. The molecule has 2 N–H and O–H groups in total. The summed E-state index contributed by atoms with van der Waals surface area (Å²) < 4.78 is 5.56. The highest BCUT2D eigenvalue weighted by molar-refractivity contribution is 6.37. The van der Waals surface area contributed by atoms with Crippen molar-refractivity contribution in [1.82, 2.24) is 4.98 Å². The number of aromatic nitrogens is 1. The van der Waals surface area contributed by atoms with Crippen LogP contribution in [-0.2, 0) is 0 Å². The molecule has 0 radical (unpaired) electrons. The fourth-order valence-electron chi connectivity index (χ4n) is 2.22. The lowest BCUT2D eigenvalue weighted by Crippen LogP contribution is -2.10. The molecule has 0 aliphatic heterocycles. The third-order valence-electron chi connectivity index (χ3n) is 3.17. The average molecular weight is 328 g/mol. The van der Waals surface area contributed by atoms with E-state index in [-0.39, 0.29) is 6.04 Å². The molecule has 2 rings (SSSR count). The summed E-state index contributed by atoms with van der Waals surface area (Å²) in [5.74, 6) is 3.00. The summed E-state index contributed by atoms with van der Waals surface area (Å²) >= 11 is 12.3. The highest BCUT2D eigenvalue weighted by Gasteiger charge is 2.16. The molecule has 0 saturated heterocycles. The summed E-state index contributed by atoms with van der Waals surface area (Å²) in [4.78, 5) is 4.45. The summed E-state index contributed by atoms with van der Waals surface area (Å²) in [6.45, 7) is 8.64. The molecule has 4 nitrogen and oxygen atoms in total. The Labute approximate surface area is 134 Å². The molecule has 1 unspecified atom stereocenters. The molecule has 6 heteroatoms. The van der Waals surface area contributed by atoms with E-state index in [9.17, 15) is 0 Å². The van der Waals surface area contributed by atoms with Gasteiger partial charge in [-0.1, -0.05) is 23.2 Å². The van der Waals surface area contributed by atoms with Crippen LogP contribution in [0, 0.1) is 13.8 Å². The van der Waals surface area contributed by atoms with Crippen molar-refractivity contribution in [2.24, 2.45) is 0 Å². The fourth-order valence-corrected chi connectivity index (χ4v) is 2.70. The van der Waals surface area contributed by atoms with Gasteiger partial charge in [-0.05, 0) is 39.8 Å². The maximum absolute atomic E-state index is 6.22. The van der Waals surface area contributed by atoms with Crippen molar-refractivity contribution in [3.8, 4) is 0 Å². The van der Waals surface area contributed by atoms with Crippen molar-refractivity contribution >= 4 is 34.8 Å². The number of anilines is 2. The van der Waals surface area contributed by atoms with Crippen LogP contribution in [0.5, 0.6) is 0 Å². The van der Waals surface area contributed by atoms with Crippen LogP contribution in [0.15, 0.2) is 16.5 Å². The Morgan fingerprint density at radius 3 is 2.43 bits per heavy atom. The minimum atomic E-state index is 0.0307. The van der Waals surface area contributed by atoms with Crippen LogP contribution in [0.4, 0.5) is 11.6 Å². The van der Waals surface area contributed by atoms with Crippen molar-refractivity contribution in [1.29, 1.82) is 0 Å². The van der Waals surface area contributed by atoms with Gasteiger partial charge in [-0.2, -0.15) is 0 Å². The first-order valence-corrected chi connectivity index (χ1v) is 7.61. The summed E-state index contributed by atoms with van der Waals surface area (Å²) in [5.41, 5.74) is 1.09. The number of furan rings is 1. The maximum atomic E-state index is 6.22. The molecular formula is C15H19Cl2N3O. The van der Waals surface area contributed by atoms with E-state index in [0.29, 0.717) is 21.7 Å². The van der Waals surface area contributed by atoms with Gasteiger partial charge in [-0.3, -0.25) is 0 Å². The number of aryl methyl sites for hydroxylation is 2. The monoisotopic (exact) mass is 327 g/mol. The van der Waals surface area contributed by atoms with Crippen molar-refractivity contribution in [2.75, 3.05) is 17.2 Å². The van der Waals surface area contributed by atoms with Crippen LogP contribution in [0.3, 0.4) is 0 Å². The van der Waals surface area contributed by atoms with E-state index in [1.807, 2.05) is 33.8 Å². The van der Waals surface area contributed by atoms with E-state index < -0.39 is 0 Å². The largest absolute Gasteiger partial charge is 0.466 e. The van der Waals surface area contributed by atoms with E-state index in [2.05, 4.69) is 15.6 Å². The van der Waals surface area contributed by atoms with Gasteiger partial charge < -0.3 is 15.1 Å². The van der Waals surface area contributed by atoms with Crippen LogP contribution < -0.4 is 10.6 Å². The van der Waals surface area contributed by atoms with Crippen LogP contribution in [0.2, 0.25) is 10.0 Å². The van der Waals surface area contributed by atoms with Gasteiger partial charge in [0.05, 0.1) is 16.1 Å². The van der Waals surface area contributed by atoms with Gasteiger partial charge in [0.25, 0.3) is 0 Å². The standard InChI is InChI=1S/C15H19Cl2N3O/c1-5-18-14-12(16)7-13(17)15(20-14)19-9(3)11-6-8(2)21-10(11)4/h6-7,9H,5H2,1-4H3,(H2,18,19,20). The summed E-state index contributed by atoms with van der Waals surface area (Å²) in [5, 5.41) is 7.42. The highest BCUT2D eigenvalue weighted by atomic mass is 35.5. The second kappa shape index (κ2) is 6.58. The second-order valence-electron chi connectivity index (χ2n) is 4.91. The normalized spacial score (nSPS) is 12.3. The molecule has 21 heavy (non-hydrogen) atoms. The summed E-state index contributed by atoms with van der Waals surface area (Å²) in [6.07, 6.45) is 0. The molecule has 0 fully saturated rings. The highest BCUT2D eigenvalue weighted by Crippen LogP contribution is 2.32. The Balaban J connectivity index is 2.26. The number of nitrogens with one attached hydrogen (secondary N) is 2. The Bertz CT molecular complexity index is 640. The van der Waals surface area contributed by atoms with Crippen molar-refractivity contribution in [3.63, 3.8) is 0 Å². The molecule has 2 aromatic heterocycles. The Hall–Kier alpha value is -1.39. The minimum Gasteiger partial charge on any atom is -0.466 e. The lowest BCUT2D eigenvalue weighted by atomic mass is 10.1. The van der Waals surface area contributed by atoms with Crippen molar-refractivity contribution in [3.05, 3.63) is 39.3 Å². The molecule has 0 bridgehead atoms. The van der Waals surface area contributed by atoms with Gasteiger partial charge in [-0.15, -0.1) is 0 Å². The topological polar surface area (TPSA) is 50.1 Å². The van der Waals surface area contributed by atoms with Crippen LogP contribution in [-0.4, -0.2) is 11.5 Å². The van der Waals surface area contributed by atoms with Gasteiger partial charge in [0, 0.05) is 12.1 Å². The molecule has 0 aromatic carbocycles. The van der Waals surface area contributed by atoms with Crippen molar-refractivity contribution in [2.45, 2.75) is 33.7 Å². The minimum absolute atomic E-state index is 0.0307. The molecule has 2 aromatic rings. The Morgan fingerprint density at radius 1 is 1.19 bits per heavy atom. The molecule has 1 atom stereocenters. The predicted octanol–water partition coefficient (Wildman–Crippen LogP) is 5.20. The number of pyridine rings is 1. The zero-order valence-corrected chi connectivity index (χ0v) is 14.1. The lowest BCUT2D eigenvalue weighted by Gasteiger charge is -2.16. The molecular weight excluding hydrogens is 309 g/mol. The zero-order chi connectivity index (χ0) is 15.6. The molecule has 0 aliphatic carbocycles. The number of nitrogens with zero attached hydrogens (tertiary/aromatic N) is 1. The summed E-state index contributed by atoms with van der Waals surface area (Å²) in [6, 6.07) is 3.74. The first-order valence-electron chi connectivity index (χ1n) is 6.85. The first kappa shape index (κ1) is 16.0. The van der Waals surface area contributed by atoms with Gasteiger partial charge >= 0.3 is 0 Å². The molecule has 114 valence electrons. The van der Waals surface area contributed by atoms with E-state index in [1.54, 1.807) is 6.07 Å². The van der Waals surface area contributed by atoms with Gasteiger partial charge in [-0.25, -0.2) is 4.98 Å². The Morgan fingerprint density at radius 2 is 1.86 bits per heavy atom. The van der Waals surface area contributed by atoms with E-state index in [0.717, 1.165) is 23.6 Å².